The van der Waals surface area contributed by atoms with Crippen LogP contribution in [0.4, 0.5) is 0 Å². The standard InChI is InChI=1S/C16H19BrN4O2/c17-12-5-3-11(4-6-12)14(22)19-10-7-13-20-15(21-23-13)16(18)8-1-2-9-16/h3-6H,1-2,7-10,18H2,(H,19,22). The molecule has 1 aromatic carbocycles. The van der Waals surface area contributed by atoms with Gasteiger partial charge in [-0.3, -0.25) is 4.79 Å². The zero-order valence-corrected chi connectivity index (χ0v) is 14.3. The third-order valence-corrected chi connectivity index (χ3v) is 4.67. The van der Waals surface area contributed by atoms with Crippen molar-refractivity contribution >= 4 is 21.8 Å². The summed E-state index contributed by atoms with van der Waals surface area (Å²) >= 11 is 3.34. The van der Waals surface area contributed by atoms with Crippen LogP contribution in [0.15, 0.2) is 33.3 Å². The number of hydrogen-bond donors (Lipinski definition) is 2. The van der Waals surface area contributed by atoms with Crippen molar-refractivity contribution in [2.75, 3.05) is 6.54 Å². The van der Waals surface area contributed by atoms with E-state index in [9.17, 15) is 4.79 Å². The highest BCUT2D eigenvalue weighted by Gasteiger charge is 2.35. The number of carbonyl (C=O) groups excluding carboxylic acids is 1. The van der Waals surface area contributed by atoms with Gasteiger partial charge in [0.1, 0.15) is 0 Å². The van der Waals surface area contributed by atoms with Crippen LogP contribution in [0.5, 0.6) is 0 Å². The highest BCUT2D eigenvalue weighted by molar-refractivity contribution is 9.10. The van der Waals surface area contributed by atoms with Crippen LogP contribution in [0.1, 0.15) is 47.8 Å². The number of nitrogens with zero attached hydrogens (tertiary/aromatic N) is 2. The minimum absolute atomic E-state index is 0.122. The summed E-state index contributed by atoms with van der Waals surface area (Å²) in [5.74, 6) is 0.973. The molecule has 23 heavy (non-hydrogen) atoms. The summed E-state index contributed by atoms with van der Waals surface area (Å²) in [5.41, 5.74) is 6.48. The van der Waals surface area contributed by atoms with Gasteiger partial charge in [0.15, 0.2) is 5.82 Å². The second-order valence-corrected chi connectivity index (χ2v) is 6.80. The molecular weight excluding hydrogens is 360 g/mol. The number of carbonyl (C=O) groups is 1. The Balaban J connectivity index is 1.52. The Morgan fingerprint density at radius 2 is 2.00 bits per heavy atom. The maximum atomic E-state index is 12.0. The van der Waals surface area contributed by atoms with E-state index in [1.54, 1.807) is 12.1 Å². The molecule has 1 aliphatic rings. The van der Waals surface area contributed by atoms with Crippen molar-refractivity contribution in [3.8, 4) is 0 Å². The molecule has 0 radical (unpaired) electrons. The normalized spacial score (nSPS) is 16.4. The van der Waals surface area contributed by atoms with Crippen molar-refractivity contribution in [3.63, 3.8) is 0 Å². The number of halogens is 1. The van der Waals surface area contributed by atoms with E-state index in [2.05, 4.69) is 31.4 Å². The van der Waals surface area contributed by atoms with E-state index in [1.165, 1.54) is 0 Å². The quantitative estimate of drug-likeness (QED) is 0.833. The zero-order chi connectivity index (χ0) is 16.3. The second kappa shape index (κ2) is 6.80. The average molecular weight is 379 g/mol. The van der Waals surface area contributed by atoms with Gasteiger partial charge < -0.3 is 15.6 Å². The molecule has 2 aromatic rings. The average Bonchev–Trinajstić information content (AvgIpc) is 3.18. The summed E-state index contributed by atoms with van der Waals surface area (Å²) in [7, 11) is 0. The summed E-state index contributed by atoms with van der Waals surface area (Å²) in [5, 5.41) is 6.85. The van der Waals surface area contributed by atoms with E-state index >= 15 is 0 Å². The van der Waals surface area contributed by atoms with Crippen molar-refractivity contribution in [2.24, 2.45) is 5.73 Å². The molecule has 122 valence electrons. The van der Waals surface area contributed by atoms with Gasteiger partial charge in [-0.2, -0.15) is 4.98 Å². The van der Waals surface area contributed by atoms with Crippen LogP contribution in [0.2, 0.25) is 0 Å². The van der Waals surface area contributed by atoms with E-state index in [0.717, 1.165) is 30.2 Å². The fourth-order valence-corrected chi connectivity index (χ4v) is 3.04. The van der Waals surface area contributed by atoms with Crippen molar-refractivity contribution in [2.45, 2.75) is 37.6 Å². The molecule has 0 bridgehead atoms. The second-order valence-electron chi connectivity index (χ2n) is 5.89. The molecule has 3 rings (SSSR count). The number of rotatable bonds is 5. The third-order valence-electron chi connectivity index (χ3n) is 4.14. The van der Waals surface area contributed by atoms with E-state index in [1.807, 2.05) is 12.1 Å². The molecule has 0 unspecified atom stereocenters. The van der Waals surface area contributed by atoms with Gasteiger partial charge >= 0.3 is 0 Å². The fourth-order valence-electron chi connectivity index (χ4n) is 2.77. The van der Waals surface area contributed by atoms with Crippen LogP contribution in [-0.4, -0.2) is 22.6 Å². The summed E-state index contributed by atoms with van der Waals surface area (Å²) in [6.45, 7) is 0.439. The number of aromatic nitrogens is 2. The summed E-state index contributed by atoms with van der Waals surface area (Å²) in [6.07, 6.45) is 4.48. The molecule has 0 aliphatic heterocycles. The van der Waals surface area contributed by atoms with Crippen LogP contribution >= 0.6 is 15.9 Å². The largest absolute Gasteiger partial charge is 0.352 e. The molecule has 1 amide bonds. The predicted molar refractivity (Wildman–Crippen MR) is 88.8 cm³/mol. The maximum Gasteiger partial charge on any atom is 0.251 e. The lowest BCUT2D eigenvalue weighted by Crippen LogP contribution is -2.34. The fraction of sp³-hybridized carbons (Fsp3) is 0.438. The Labute approximate surface area is 143 Å². The Bertz CT molecular complexity index is 678. The monoisotopic (exact) mass is 378 g/mol. The molecule has 1 heterocycles. The van der Waals surface area contributed by atoms with Crippen molar-refractivity contribution in [1.29, 1.82) is 0 Å². The Morgan fingerprint density at radius 3 is 2.70 bits per heavy atom. The van der Waals surface area contributed by atoms with Gasteiger partial charge in [0.05, 0.1) is 5.54 Å². The van der Waals surface area contributed by atoms with Crippen molar-refractivity contribution in [3.05, 3.63) is 46.0 Å². The first-order chi connectivity index (χ1) is 11.1. The number of nitrogens with two attached hydrogens (primary N) is 1. The highest BCUT2D eigenvalue weighted by Crippen LogP contribution is 2.34. The maximum absolute atomic E-state index is 12.0. The lowest BCUT2D eigenvalue weighted by atomic mass is 9.99. The van der Waals surface area contributed by atoms with Crippen molar-refractivity contribution in [1.82, 2.24) is 15.5 Å². The minimum Gasteiger partial charge on any atom is -0.352 e. The summed E-state index contributed by atoms with van der Waals surface area (Å²) < 4.78 is 6.19. The van der Waals surface area contributed by atoms with Crippen LogP contribution in [-0.2, 0) is 12.0 Å². The van der Waals surface area contributed by atoms with E-state index in [-0.39, 0.29) is 5.91 Å². The first-order valence-electron chi connectivity index (χ1n) is 7.72. The summed E-state index contributed by atoms with van der Waals surface area (Å²) in [4.78, 5) is 16.4. The Morgan fingerprint density at radius 1 is 1.30 bits per heavy atom. The number of hydrogen-bond acceptors (Lipinski definition) is 5. The Hall–Kier alpha value is -1.73. The van der Waals surface area contributed by atoms with Crippen LogP contribution in [0.3, 0.4) is 0 Å². The number of benzene rings is 1. The smallest absolute Gasteiger partial charge is 0.251 e. The molecule has 6 nitrogen and oxygen atoms in total. The number of nitrogens with one attached hydrogen (secondary N) is 1. The van der Waals surface area contributed by atoms with Crippen LogP contribution in [0.25, 0.3) is 0 Å². The molecule has 1 fully saturated rings. The topological polar surface area (TPSA) is 94.0 Å². The van der Waals surface area contributed by atoms with Gasteiger partial charge in [-0.15, -0.1) is 0 Å². The molecule has 1 saturated carbocycles. The molecule has 0 spiro atoms. The molecule has 0 saturated heterocycles. The highest BCUT2D eigenvalue weighted by atomic mass is 79.9. The van der Waals surface area contributed by atoms with Gasteiger partial charge in [0, 0.05) is 23.0 Å². The van der Waals surface area contributed by atoms with E-state index in [4.69, 9.17) is 10.3 Å². The van der Waals surface area contributed by atoms with Gasteiger partial charge in [0.2, 0.25) is 5.89 Å². The molecule has 7 heteroatoms. The van der Waals surface area contributed by atoms with Crippen molar-refractivity contribution < 1.29 is 9.32 Å². The van der Waals surface area contributed by atoms with E-state index < -0.39 is 5.54 Å². The molecule has 1 aromatic heterocycles. The molecule has 3 N–H and O–H groups in total. The lowest BCUT2D eigenvalue weighted by Gasteiger charge is -2.17. The zero-order valence-electron chi connectivity index (χ0n) is 12.7. The first-order valence-corrected chi connectivity index (χ1v) is 8.52. The van der Waals surface area contributed by atoms with Crippen LogP contribution in [0, 0.1) is 0 Å². The van der Waals surface area contributed by atoms with E-state index in [0.29, 0.717) is 30.2 Å². The lowest BCUT2D eigenvalue weighted by molar-refractivity contribution is 0.0953. The molecule has 1 aliphatic carbocycles. The van der Waals surface area contributed by atoms with Gasteiger partial charge in [-0.25, -0.2) is 0 Å². The first kappa shape index (κ1) is 16.1. The predicted octanol–water partition coefficient (Wildman–Crippen LogP) is 2.53. The van der Waals surface area contributed by atoms with Gasteiger partial charge in [0.25, 0.3) is 5.91 Å². The van der Waals surface area contributed by atoms with Gasteiger partial charge in [-0.05, 0) is 37.1 Å². The Kier molecular flexibility index (Phi) is 4.77. The van der Waals surface area contributed by atoms with Crippen LogP contribution < -0.4 is 11.1 Å². The minimum atomic E-state index is -0.442. The number of amides is 1. The summed E-state index contributed by atoms with van der Waals surface area (Å²) in [6, 6.07) is 7.20. The van der Waals surface area contributed by atoms with Gasteiger partial charge in [-0.1, -0.05) is 33.9 Å². The SMILES string of the molecule is NC1(c2noc(CCNC(=O)c3ccc(Br)cc3)n2)CCCC1. The molecule has 0 atom stereocenters. The molecular formula is C16H19BrN4O2. The third kappa shape index (κ3) is 3.79.